The van der Waals surface area contributed by atoms with Gasteiger partial charge in [-0.2, -0.15) is 13.2 Å². The number of phenolic OH excluding ortho intramolecular Hbond substituents is 1. The van der Waals surface area contributed by atoms with Gasteiger partial charge in [-0.15, -0.1) is 0 Å². The SMILES string of the molecule is CC(C)[C@H](NC(=O)[C@H](Cc1ccc(O)cc1)NC(=O)[C@@H](NC(=O)C(F)(F)F)C(C)C)C(=O)O. The molecule has 0 fully saturated rings. The Labute approximate surface area is 188 Å². The number of nitrogens with one attached hydrogen (secondary N) is 3. The number of carbonyl (C=O) groups is 4. The molecule has 3 atom stereocenters. The zero-order valence-corrected chi connectivity index (χ0v) is 18.6. The van der Waals surface area contributed by atoms with E-state index in [1.807, 2.05) is 0 Å². The molecule has 33 heavy (non-hydrogen) atoms. The molecular weight excluding hydrogens is 447 g/mol. The first-order valence-electron chi connectivity index (χ1n) is 10.1. The van der Waals surface area contributed by atoms with E-state index in [0.717, 1.165) is 0 Å². The predicted molar refractivity (Wildman–Crippen MR) is 111 cm³/mol. The van der Waals surface area contributed by atoms with Gasteiger partial charge in [-0.1, -0.05) is 39.8 Å². The van der Waals surface area contributed by atoms with Gasteiger partial charge >= 0.3 is 18.1 Å². The second-order valence-electron chi connectivity index (χ2n) is 8.19. The van der Waals surface area contributed by atoms with Crippen LogP contribution in [0.25, 0.3) is 0 Å². The standard InChI is InChI=1S/C21H28F3N3O6/c1-10(2)15(27-20(33)21(22,23)24)18(30)25-14(9-12-5-7-13(28)8-6-12)17(29)26-16(11(3)4)19(31)32/h5-8,10-11,14-16,28H,9H2,1-4H3,(H,25,30)(H,26,29)(H,27,33)(H,31,32)/t14-,15-,16-/m0/s1. The molecule has 1 aromatic rings. The van der Waals surface area contributed by atoms with Crippen LogP contribution in [0.5, 0.6) is 5.75 Å². The van der Waals surface area contributed by atoms with Crippen molar-refractivity contribution in [3.8, 4) is 5.75 Å². The van der Waals surface area contributed by atoms with Gasteiger partial charge in [0.05, 0.1) is 0 Å². The Hall–Kier alpha value is -3.31. The highest BCUT2D eigenvalue weighted by Gasteiger charge is 2.42. The number of benzene rings is 1. The van der Waals surface area contributed by atoms with Gasteiger partial charge in [0.25, 0.3) is 0 Å². The molecular formula is C21H28F3N3O6. The lowest BCUT2D eigenvalue weighted by Gasteiger charge is -2.27. The number of hydrogen-bond acceptors (Lipinski definition) is 5. The second-order valence-corrected chi connectivity index (χ2v) is 8.19. The van der Waals surface area contributed by atoms with Crippen LogP contribution in [0.3, 0.4) is 0 Å². The number of carboxylic acids is 1. The molecule has 0 saturated heterocycles. The quantitative estimate of drug-likeness (QED) is 0.345. The number of aliphatic carboxylic acids is 1. The smallest absolute Gasteiger partial charge is 0.471 e. The largest absolute Gasteiger partial charge is 0.508 e. The lowest BCUT2D eigenvalue weighted by molar-refractivity contribution is -0.175. The zero-order valence-electron chi connectivity index (χ0n) is 18.6. The minimum atomic E-state index is -5.21. The normalized spacial score (nSPS) is 14.3. The third-order valence-electron chi connectivity index (χ3n) is 4.73. The number of carboxylic acid groups (broad SMARTS) is 1. The predicted octanol–water partition coefficient (Wildman–Crippen LogP) is 1.35. The average molecular weight is 475 g/mol. The fourth-order valence-corrected chi connectivity index (χ4v) is 2.86. The van der Waals surface area contributed by atoms with Gasteiger partial charge < -0.3 is 26.2 Å². The van der Waals surface area contributed by atoms with E-state index >= 15 is 0 Å². The van der Waals surface area contributed by atoms with Gasteiger partial charge in [0.15, 0.2) is 0 Å². The molecule has 0 aromatic heterocycles. The number of rotatable bonds is 10. The Bertz CT molecular complexity index is 856. The number of hydrogen-bond donors (Lipinski definition) is 5. The van der Waals surface area contributed by atoms with E-state index < -0.39 is 59.8 Å². The Kier molecular flexibility index (Phi) is 9.68. The Morgan fingerprint density at radius 2 is 1.36 bits per heavy atom. The molecule has 184 valence electrons. The minimum absolute atomic E-state index is 0.0516. The van der Waals surface area contributed by atoms with Gasteiger partial charge in [-0.05, 0) is 29.5 Å². The van der Waals surface area contributed by atoms with Crippen molar-refractivity contribution in [2.75, 3.05) is 0 Å². The van der Waals surface area contributed by atoms with Crippen LogP contribution in [0.4, 0.5) is 13.2 Å². The van der Waals surface area contributed by atoms with Crippen molar-refractivity contribution in [3.05, 3.63) is 29.8 Å². The first-order chi connectivity index (χ1) is 15.1. The number of aromatic hydroxyl groups is 1. The van der Waals surface area contributed by atoms with Crippen molar-refractivity contribution < 1.29 is 42.6 Å². The molecule has 9 nitrogen and oxygen atoms in total. The lowest BCUT2D eigenvalue weighted by atomic mass is 9.99. The Morgan fingerprint density at radius 1 is 0.848 bits per heavy atom. The lowest BCUT2D eigenvalue weighted by Crippen LogP contribution is -2.59. The molecule has 1 aromatic carbocycles. The number of phenols is 1. The summed E-state index contributed by atoms with van der Waals surface area (Å²) in [6.45, 7) is 5.95. The molecule has 1 rings (SSSR count). The van der Waals surface area contributed by atoms with Crippen LogP contribution in [-0.2, 0) is 25.6 Å². The van der Waals surface area contributed by atoms with Gasteiger partial charge in [-0.3, -0.25) is 14.4 Å². The van der Waals surface area contributed by atoms with E-state index in [1.54, 1.807) is 19.2 Å². The summed E-state index contributed by atoms with van der Waals surface area (Å²) >= 11 is 0. The maximum atomic E-state index is 12.8. The Morgan fingerprint density at radius 3 is 1.79 bits per heavy atom. The van der Waals surface area contributed by atoms with Crippen molar-refractivity contribution in [2.24, 2.45) is 11.8 Å². The first kappa shape index (κ1) is 27.7. The number of alkyl halides is 3. The molecule has 0 radical (unpaired) electrons. The van der Waals surface area contributed by atoms with E-state index in [0.29, 0.717) is 5.56 Å². The second kappa shape index (κ2) is 11.5. The highest BCUT2D eigenvalue weighted by molar-refractivity contribution is 5.94. The topological polar surface area (TPSA) is 145 Å². The monoisotopic (exact) mass is 475 g/mol. The number of carbonyl (C=O) groups excluding carboxylic acids is 3. The van der Waals surface area contributed by atoms with Gasteiger partial charge in [0.1, 0.15) is 23.9 Å². The number of amides is 3. The van der Waals surface area contributed by atoms with Crippen molar-refractivity contribution >= 4 is 23.7 Å². The summed E-state index contributed by atoms with van der Waals surface area (Å²) in [6, 6.07) is 1.35. The van der Waals surface area contributed by atoms with E-state index in [1.165, 1.54) is 38.1 Å². The van der Waals surface area contributed by atoms with Crippen LogP contribution in [0.15, 0.2) is 24.3 Å². The summed E-state index contributed by atoms with van der Waals surface area (Å²) in [5, 5.41) is 25.0. The van der Waals surface area contributed by atoms with E-state index in [4.69, 9.17) is 0 Å². The molecule has 0 heterocycles. The maximum Gasteiger partial charge on any atom is 0.471 e. The van der Waals surface area contributed by atoms with Crippen LogP contribution in [0.1, 0.15) is 33.3 Å². The van der Waals surface area contributed by atoms with Gasteiger partial charge in [0, 0.05) is 6.42 Å². The molecule has 12 heteroatoms. The van der Waals surface area contributed by atoms with Crippen LogP contribution in [0, 0.1) is 11.8 Å². The summed E-state index contributed by atoms with van der Waals surface area (Å²) < 4.78 is 38.0. The maximum absolute atomic E-state index is 12.8. The molecule has 0 saturated carbocycles. The van der Waals surface area contributed by atoms with Crippen LogP contribution >= 0.6 is 0 Å². The zero-order chi connectivity index (χ0) is 25.5. The van der Waals surface area contributed by atoms with Crippen molar-refractivity contribution in [1.82, 2.24) is 16.0 Å². The minimum Gasteiger partial charge on any atom is -0.508 e. The van der Waals surface area contributed by atoms with Crippen molar-refractivity contribution in [3.63, 3.8) is 0 Å². The summed E-state index contributed by atoms with van der Waals surface area (Å²) in [6.07, 6.45) is -5.36. The molecule has 0 spiro atoms. The fourth-order valence-electron chi connectivity index (χ4n) is 2.86. The number of halogens is 3. The average Bonchev–Trinajstić information content (AvgIpc) is 2.69. The van der Waals surface area contributed by atoms with E-state index in [2.05, 4.69) is 10.6 Å². The van der Waals surface area contributed by atoms with Crippen molar-refractivity contribution in [1.29, 1.82) is 0 Å². The van der Waals surface area contributed by atoms with E-state index in [-0.39, 0.29) is 12.2 Å². The summed E-state index contributed by atoms with van der Waals surface area (Å²) in [5.41, 5.74) is 0.477. The van der Waals surface area contributed by atoms with Crippen LogP contribution in [0.2, 0.25) is 0 Å². The molecule has 0 aliphatic rings. The highest BCUT2D eigenvalue weighted by Crippen LogP contribution is 2.16. The van der Waals surface area contributed by atoms with E-state index in [9.17, 15) is 42.6 Å². The van der Waals surface area contributed by atoms with Crippen LogP contribution < -0.4 is 16.0 Å². The summed E-state index contributed by atoms with van der Waals surface area (Å²) in [4.78, 5) is 48.4. The molecule has 0 unspecified atom stereocenters. The fraction of sp³-hybridized carbons (Fsp3) is 0.524. The van der Waals surface area contributed by atoms with Crippen LogP contribution in [-0.4, -0.2) is 58.2 Å². The highest BCUT2D eigenvalue weighted by atomic mass is 19.4. The van der Waals surface area contributed by atoms with Gasteiger partial charge in [0.2, 0.25) is 11.8 Å². The molecule has 0 bridgehead atoms. The third-order valence-corrected chi connectivity index (χ3v) is 4.73. The third kappa shape index (κ3) is 8.62. The van der Waals surface area contributed by atoms with Gasteiger partial charge in [-0.25, -0.2) is 4.79 Å². The molecule has 5 N–H and O–H groups in total. The first-order valence-corrected chi connectivity index (χ1v) is 10.1. The molecule has 0 aliphatic heterocycles. The Balaban J connectivity index is 3.16. The van der Waals surface area contributed by atoms with Crippen molar-refractivity contribution in [2.45, 2.75) is 58.4 Å². The molecule has 3 amide bonds. The summed E-state index contributed by atoms with van der Waals surface area (Å²) in [5.74, 6) is -6.82. The molecule has 0 aliphatic carbocycles. The summed E-state index contributed by atoms with van der Waals surface area (Å²) in [7, 11) is 0.